The number of anilines is 1. The molecule has 2 saturated heterocycles. The fourth-order valence-electron chi connectivity index (χ4n) is 4.30. The van der Waals surface area contributed by atoms with Crippen molar-refractivity contribution in [1.82, 2.24) is 10.3 Å². The summed E-state index contributed by atoms with van der Waals surface area (Å²) in [5.41, 5.74) is 3.14. The Hall–Kier alpha value is -1.86. The number of hydrogen-bond donors (Lipinski definition) is 1. The van der Waals surface area contributed by atoms with Crippen molar-refractivity contribution in [3.8, 4) is 0 Å². The molecule has 146 valence electrons. The van der Waals surface area contributed by atoms with E-state index in [0.29, 0.717) is 28.9 Å². The van der Waals surface area contributed by atoms with Crippen molar-refractivity contribution in [3.05, 3.63) is 57.3 Å². The smallest absolute Gasteiger partial charge is 0.356 e. The first-order valence-corrected chi connectivity index (χ1v) is 10.0. The monoisotopic (exact) mass is 419 g/mol. The molecule has 0 radical (unpaired) electrons. The number of rotatable bonds is 3. The molecule has 3 aliphatic heterocycles. The summed E-state index contributed by atoms with van der Waals surface area (Å²) in [7, 11) is 0. The van der Waals surface area contributed by atoms with Crippen LogP contribution in [0.3, 0.4) is 0 Å². The fraction of sp³-hybridized carbons (Fsp3) is 0.400. The standard InChI is InChI=1S/C20H19Cl2N3O3/c1-2-27-19(26)15-4-3-13(7-24-15)25-8-11-5-12(21)6-14(22)16(11)17-18(28-17)20(25)9-23-10-20/h3-7,17-18,23H,2,8-10H2,1H3. The minimum Gasteiger partial charge on any atom is -0.461 e. The lowest BCUT2D eigenvalue weighted by molar-refractivity contribution is 0.0519. The van der Waals surface area contributed by atoms with Crippen LogP contribution in [0.1, 0.15) is 34.6 Å². The van der Waals surface area contributed by atoms with Gasteiger partial charge >= 0.3 is 5.97 Å². The Balaban J connectivity index is 1.55. The van der Waals surface area contributed by atoms with Gasteiger partial charge in [0.1, 0.15) is 17.9 Å². The number of carbonyl (C=O) groups is 1. The van der Waals surface area contributed by atoms with Gasteiger partial charge in [-0.05, 0) is 36.8 Å². The predicted molar refractivity (Wildman–Crippen MR) is 106 cm³/mol. The third-order valence-corrected chi connectivity index (χ3v) is 6.29. The van der Waals surface area contributed by atoms with E-state index < -0.39 is 5.97 Å². The molecule has 2 unspecified atom stereocenters. The summed E-state index contributed by atoms with van der Waals surface area (Å²) < 4.78 is 11.1. The Labute approximate surface area is 172 Å². The lowest BCUT2D eigenvalue weighted by Gasteiger charge is -2.50. The van der Waals surface area contributed by atoms with E-state index in [1.807, 2.05) is 12.1 Å². The molecule has 5 rings (SSSR count). The third kappa shape index (κ3) is 2.70. The number of carbonyl (C=O) groups excluding carboxylic acids is 1. The van der Waals surface area contributed by atoms with Crippen molar-refractivity contribution < 1.29 is 14.3 Å². The number of nitrogens with zero attached hydrogens (tertiary/aromatic N) is 2. The highest BCUT2D eigenvalue weighted by atomic mass is 35.5. The van der Waals surface area contributed by atoms with Gasteiger partial charge in [0.25, 0.3) is 0 Å². The summed E-state index contributed by atoms with van der Waals surface area (Å²) >= 11 is 12.8. The van der Waals surface area contributed by atoms with E-state index in [1.165, 1.54) is 0 Å². The maximum Gasteiger partial charge on any atom is 0.356 e. The molecule has 0 saturated carbocycles. The average Bonchev–Trinajstić information content (AvgIpc) is 3.40. The van der Waals surface area contributed by atoms with Crippen molar-refractivity contribution in [3.63, 3.8) is 0 Å². The molecule has 2 aromatic rings. The summed E-state index contributed by atoms with van der Waals surface area (Å²) in [5, 5.41) is 4.64. The Morgan fingerprint density at radius 2 is 2.21 bits per heavy atom. The number of esters is 1. The van der Waals surface area contributed by atoms with Gasteiger partial charge in [0.2, 0.25) is 0 Å². The highest BCUT2D eigenvalue weighted by Crippen LogP contribution is 2.55. The normalized spacial score (nSPS) is 24.0. The Morgan fingerprint density at radius 3 is 2.86 bits per heavy atom. The Kier molecular flexibility index (Phi) is 4.28. The van der Waals surface area contributed by atoms with E-state index in [2.05, 4.69) is 15.2 Å². The van der Waals surface area contributed by atoms with Gasteiger partial charge in [0.15, 0.2) is 0 Å². The number of pyridine rings is 1. The van der Waals surface area contributed by atoms with Gasteiger partial charge in [0, 0.05) is 35.2 Å². The molecule has 0 aliphatic carbocycles. The van der Waals surface area contributed by atoms with Gasteiger partial charge in [-0.1, -0.05) is 23.2 Å². The van der Waals surface area contributed by atoms with Gasteiger partial charge < -0.3 is 19.7 Å². The number of benzene rings is 1. The van der Waals surface area contributed by atoms with Crippen LogP contribution >= 0.6 is 23.2 Å². The number of halogens is 2. The molecule has 2 atom stereocenters. The van der Waals surface area contributed by atoms with Gasteiger partial charge in [-0.3, -0.25) is 0 Å². The minimum absolute atomic E-state index is 0.0152. The zero-order chi connectivity index (χ0) is 19.5. The second kappa shape index (κ2) is 6.59. The van der Waals surface area contributed by atoms with Crippen molar-refractivity contribution in [2.75, 3.05) is 24.6 Å². The van der Waals surface area contributed by atoms with E-state index in [1.54, 1.807) is 25.3 Å². The summed E-state index contributed by atoms with van der Waals surface area (Å²) in [5.74, 6) is -0.417. The quantitative estimate of drug-likeness (QED) is 0.607. The van der Waals surface area contributed by atoms with Crippen LogP contribution in [0.4, 0.5) is 5.69 Å². The van der Waals surface area contributed by atoms with Crippen LogP contribution in [0, 0.1) is 0 Å². The van der Waals surface area contributed by atoms with Gasteiger partial charge in [-0.15, -0.1) is 0 Å². The molecule has 6 nitrogen and oxygen atoms in total. The van der Waals surface area contributed by atoms with Gasteiger partial charge in [-0.25, -0.2) is 9.78 Å². The molecule has 0 bridgehead atoms. The molecule has 8 heteroatoms. The number of epoxide rings is 1. The summed E-state index contributed by atoms with van der Waals surface area (Å²) in [6.07, 6.45) is 1.76. The van der Waals surface area contributed by atoms with E-state index >= 15 is 0 Å². The minimum atomic E-state index is -0.417. The second-order valence-electron chi connectivity index (χ2n) is 7.35. The number of aromatic nitrogens is 1. The van der Waals surface area contributed by atoms with E-state index in [4.69, 9.17) is 32.7 Å². The molecule has 2 fully saturated rings. The molecule has 1 aromatic heterocycles. The van der Waals surface area contributed by atoms with Crippen LogP contribution in [-0.4, -0.2) is 42.3 Å². The summed E-state index contributed by atoms with van der Waals surface area (Å²) in [6, 6.07) is 7.35. The maximum atomic E-state index is 11.9. The van der Waals surface area contributed by atoms with Crippen molar-refractivity contribution in [1.29, 1.82) is 0 Å². The van der Waals surface area contributed by atoms with Crippen molar-refractivity contribution in [2.24, 2.45) is 0 Å². The van der Waals surface area contributed by atoms with Crippen LogP contribution < -0.4 is 10.2 Å². The fourth-order valence-corrected chi connectivity index (χ4v) is 4.95. The largest absolute Gasteiger partial charge is 0.461 e. The van der Waals surface area contributed by atoms with Crippen LogP contribution in [0.5, 0.6) is 0 Å². The zero-order valence-corrected chi connectivity index (χ0v) is 16.8. The second-order valence-corrected chi connectivity index (χ2v) is 8.20. The zero-order valence-electron chi connectivity index (χ0n) is 15.2. The molecule has 1 aromatic carbocycles. The average molecular weight is 420 g/mol. The van der Waals surface area contributed by atoms with E-state index in [9.17, 15) is 4.79 Å². The molecule has 0 amide bonds. The lowest BCUT2D eigenvalue weighted by Crippen LogP contribution is -2.72. The van der Waals surface area contributed by atoms with E-state index in [-0.39, 0.29) is 17.7 Å². The number of ether oxygens (including phenoxy) is 2. The molecular weight excluding hydrogens is 401 g/mol. The highest BCUT2D eigenvalue weighted by Gasteiger charge is 2.63. The molecule has 4 heterocycles. The van der Waals surface area contributed by atoms with Crippen LogP contribution in [0.2, 0.25) is 10.0 Å². The van der Waals surface area contributed by atoms with Crippen LogP contribution in [0.15, 0.2) is 30.5 Å². The third-order valence-electron chi connectivity index (χ3n) is 5.76. The summed E-state index contributed by atoms with van der Waals surface area (Å²) in [6.45, 7) is 4.37. The molecule has 28 heavy (non-hydrogen) atoms. The van der Waals surface area contributed by atoms with Crippen molar-refractivity contribution in [2.45, 2.75) is 31.2 Å². The van der Waals surface area contributed by atoms with Gasteiger partial charge in [-0.2, -0.15) is 0 Å². The number of nitrogens with one attached hydrogen (secondary N) is 1. The summed E-state index contributed by atoms with van der Waals surface area (Å²) in [4.78, 5) is 18.5. The topological polar surface area (TPSA) is 67.0 Å². The first-order valence-electron chi connectivity index (χ1n) is 9.28. The Morgan fingerprint density at radius 1 is 1.39 bits per heavy atom. The first kappa shape index (κ1) is 18.2. The SMILES string of the molecule is CCOC(=O)c1ccc(N2Cc3cc(Cl)cc(Cl)c3C3OC3C23CNC3)cn1. The first-order chi connectivity index (χ1) is 13.5. The number of hydrogen-bond acceptors (Lipinski definition) is 6. The highest BCUT2D eigenvalue weighted by molar-refractivity contribution is 6.35. The maximum absolute atomic E-state index is 11.9. The van der Waals surface area contributed by atoms with Crippen LogP contribution in [0.25, 0.3) is 0 Å². The molecule has 3 aliphatic rings. The lowest BCUT2D eigenvalue weighted by atomic mass is 9.84. The number of fused-ring (bicyclic) bond motifs is 4. The predicted octanol–water partition coefficient (Wildman–Crippen LogP) is 3.37. The Bertz CT molecular complexity index is 946. The molecule has 1 spiro atoms. The molecule has 1 N–H and O–H groups in total. The molecular formula is C20H19Cl2N3O3. The van der Waals surface area contributed by atoms with Crippen LogP contribution in [-0.2, 0) is 16.0 Å². The van der Waals surface area contributed by atoms with Gasteiger partial charge in [0.05, 0.1) is 24.0 Å². The van der Waals surface area contributed by atoms with E-state index in [0.717, 1.165) is 29.9 Å². The van der Waals surface area contributed by atoms with Crippen molar-refractivity contribution >= 4 is 34.9 Å².